The minimum atomic E-state index is 0.162. The Labute approximate surface area is 105 Å². The number of ether oxygens (including phenoxy) is 1. The molecule has 2 aromatic rings. The number of carbonyl (C=O) groups excluding carboxylic acids is 1. The van der Waals surface area contributed by atoms with Gasteiger partial charge in [-0.3, -0.25) is 4.79 Å². The van der Waals surface area contributed by atoms with Crippen LogP contribution >= 0.6 is 11.3 Å². The second-order valence-corrected chi connectivity index (χ2v) is 4.70. The van der Waals surface area contributed by atoms with Gasteiger partial charge in [0.2, 0.25) is 0 Å². The number of rotatable bonds is 5. The van der Waals surface area contributed by atoms with Crippen molar-refractivity contribution in [3.8, 4) is 5.75 Å². The highest BCUT2D eigenvalue weighted by molar-refractivity contribution is 7.09. The number of benzene rings is 1. The summed E-state index contributed by atoms with van der Waals surface area (Å²) in [5, 5.41) is 2.03. The van der Waals surface area contributed by atoms with Crippen LogP contribution in [0.5, 0.6) is 5.75 Å². The third-order valence-corrected chi connectivity index (χ3v) is 3.31. The first-order valence-corrected chi connectivity index (χ1v) is 6.46. The molecule has 0 N–H and O–H groups in total. The summed E-state index contributed by atoms with van der Waals surface area (Å²) in [7, 11) is 0. The van der Waals surface area contributed by atoms with Crippen LogP contribution in [-0.2, 0) is 6.61 Å². The topological polar surface area (TPSA) is 26.3 Å². The van der Waals surface area contributed by atoms with Gasteiger partial charge >= 0.3 is 0 Å². The number of thiophene rings is 1. The molecular formula is C14H14O2S. The fourth-order valence-electron chi connectivity index (χ4n) is 1.49. The molecular weight excluding hydrogens is 232 g/mol. The van der Waals surface area contributed by atoms with Crippen molar-refractivity contribution in [3.05, 3.63) is 52.2 Å². The third-order valence-electron chi connectivity index (χ3n) is 2.46. The first-order chi connectivity index (χ1) is 8.29. The van der Waals surface area contributed by atoms with Crippen LogP contribution in [0.15, 0.2) is 41.8 Å². The van der Waals surface area contributed by atoms with Crippen molar-refractivity contribution in [2.45, 2.75) is 20.0 Å². The highest BCUT2D eigenvalue weighted by atomic mass is 32.1. The molecule has 0 aliphatic carbocycles. The van der Waals surface area contributed by atoms with Gasteiger partial charge in [-0.25, -0.2) is 0 Å². The van der Waals surface area contributed by atoms with Crippen molar-refractivity contribution in [3.63, 3.8) is 0 Å². The first kappa shape index (κ1) is 11.9. The fourth-order valence-corrected chi connectivity index (χ4v) is 2.11. The van der Waals surface area contributed by atoms with E-state index in [9.17, 15) is 4.79 Å². The summed E-state index contributed by atoms with van der Waals surface area (Å²) in [6, 6.07) is 11.4. The highest BCUT2D eigenvalue weighted by Gasteiger charge is 2.03. The van der Waals surface area contributed by atoms with Crippen LogP contribution < -0.4 is 4.74 Å². The maximum Gasteiger partial charge on any atom is 0.162 e. The fraction of sp³-hybridized carbons (Fsp3) is 0.214. The SMILES string of the molecule is CCC(=O)c1ccc(OCc2cccs2)cc1. The van der Waals surface area contributed by atoms with Crippen molar-refractivity contribution >= 4 is 17.1 Å². The number of carbonyl (C=O) groups is 1. The Bertz CT molecular complexity index is 471. The molecule has 0 fully saturated rings. The van der Waals surface area contributed by atoms with E-state index in [1.54, 1.807) is 11.3 Å². The summed E-state index contributed by atoms with van der Waals surface area (Å²) < 4.78 is 5.62. The molecule has 0 aliphatic heterocycles. The first-order valence-electron chi connectivity index (χ1n) is 5.58. The van der Waals surface area contributed by atoms with Gasteiger partial charge in [0.25, 0.3) is 0 Å². The van der Waals surface area contributed by atoms with Gasteiger partial charge in [0.15, 0.2) is 5.78 Å². The molecule has 2 nitrogen and oxygen atoms in total. The highest BCUT2D eigenvalue weighted by Crippen LogP contribution is 2.16. The lowest BCUT2D eigenvalue weighted by molar-refractivity contribution is 0.0988. The predicted molar refractivity (Wildman–Crippen MR) is 69.7 cm³/mol. The van der Waals surface area contributed by atoms with E-state index in [-0.39, 0.29) is 5.78 Å². The molecule has 0 saturated heterocycles. The zero-order chi connectivity index (χ0) is 12.1. The van der Waals surface area contributed by atoms with Gasteiger partial charge in [-0.2, -0.15) is 0 Å². The van der Waals surface area contributed by atoms with Gasteiger partial charge in [0.05, 0.1) is 0 Å². The molecule has 0 bridgehead atoms. The minimum absolute atomic E-state index is 0.162. The molecule has 0 atom stereocenters. The van der Waals surface area contributed by atoms with E-state index < -0.39 is 0 Å². The van der Waals surface area contributed by atoms with Gasteiger partial charge in [-0.1, -0.05) is 13.0 Å². The normalized spacial score (nSPS) is 10.2. The molecule has 0 aliphatic rings. The monoisotopic (exact) mass is 246 g/mol. The van der Waals surface area contributed by atoms with E-state index in [0.29, 0.717) is 13.0 Å². The summed E-state index contributed by atoms with van der Waals surface area (Å²) in [6.45, 7) is 2.45. The maximum absolute atomic E-state index is 11.4. The zero-order valence-corrected chi connectivity index (χ0v) is 10.5. The maximum atomic E-state index is 11.4. The van der Waals surface area contributed by atoms with Crippen LogP contribution in [0.3, 0.4) is 0 Å². The Morgan fingerprint density at radius 2 is 2.00 bits per heavy atom. The summed E-state index contributed by atoms with van der Waals surface area (Å²) in [5.41, 5.74) is 0.746. The summed E-state index contributed by atoms with van der Waals surface area (Å²) >= 11 is 1.67. The van der Waals surface area contributed by atoms with E-state index in [4.69, 9.17) is 4.74 Å². The molecule has 88 valence electrons. The lowest BCUT2D eigenvalue weighted by Gasteiger charge is -2.05. The van der Waals surface area contributed by atoms with Gasteiger partial charge in [-0.15, -0.1) is 11.3 Å². The van der Waals surface area contributed by atoms with Crippen LogP contribution in [0.1, 0.15) is 28.6 Å². The summed E-state index contributed by atoms with van der Waals surface area (Å²) in [5.74, 6) is 0.959. The van der Waals surface area contributed by atoms with Gasteiger partial charge in [0.1, 0.15) is 12.4 Å². The van der Waals surface area contributed by atoms with Crippen LogP contribution in [0.25, 0.3) is 0 Å². The quantitative estimate of drug-likeness (QED) is 0.747. The number of ketones is 1. The van der Waals surface area contributed by atoms with Crippen LogP contribution in [-0.4, -0.2) is 5.78 Å². The van der Waals surface area contributed by atoms with Crippen molar-refractivity contribution < 1.29 is 9.53 Å². The van der Waals surface area contributed by atoms with Crippen molar-refractivity contribution in [1.82, 2.24) is 0 Å². The van der Waals surface area contributed by atoms with Crippen LogP contribution in [0, 0.1) is 0 Å². The number of hydrogen-bond donors (Lipinski definition) is 0. The zero-order valence-electron chi connectivity index (χ0n) is 9.68. The van der Waals surface area contributed by atoms with E-state index >= 15 is 0 Å². The van der Waals surface area contributed by atoms with Crippen LogP contribution in [0.4, 0.5) is 0 Å². The van der Waals surface area contributed by atoms with Crippen molar-refractivity contribution in [2.75, 3.05) is 0 Å². The molecule has 0 unspecified atom stereocenters. The Balaban J connectivity index is 1.96. The largest absolute Gasteiger partial charge is 0.488 e. The Morgan fingerprint density at radius 3 is 2.59 bits per heavy atom. The molecule has 0 amide bonds. The summed E-state index contributed by atoms with van der Waals surface area (Å²) in [4.78, 5) is 12.6. The van der Waals surface area contributed by atoms with Gasteiger partial charge < -0.3 is 4.74 Å². The molecule has 17 heavy (non-hydrogen) atoms. The second-order valence-electron chi connectivity index (χ2n) is 3.67. The van der Waals surface area contributed by atoms with E-state index in [2.05, 4.69) is 0 Å². The average molecular weight is 246 g/mol. The van der Waals surface area contributed by atoms with E-state index in [1.807, 2.05) is 48.7 Å². The smallest absolute Gasteiger partial charge is 0.162 e. The van der Waals surface area contributed by atoms with Crippen molar-refractivity contribution in [1.29, 1.82) is 0 Å². The molecule has 1 aromatic heterocycles. The third kappa shape index (κ3) is 3.17. The minimum Gasteiger partial charge on any atom is -0.488 e. The number of Topliss-reactive ketones (excluding diaryl/α,β-unsaturated/α-hetero) is 1. The lowest BCUT2D eigenvalue weighted by Crippen LogP contribution is -1.97. The standard InChI is InChI=1S/C14H14O2S/c1-2-14(15)11-5-7-12(8-6-11)16-10-13-4-3-9-17-13/h3-9H,2,10H2,1H3. The Kier molecular flexibility index (Phi) is 3.94. The second kappa shape index (κ2) is 5.64. The van der Waals surface area contributed by atoms with Gasteiger partial charge in [0, 0.05) is 16.9 Å². The predicted octanol–water partition coefficient (Wildman–Crippen LogP) is 3.92. The molecule has 2 rings (SSSR count). The molecule has 1 heterocycles. The molecule has 3 heteroatoms. The van der Waals surface area contributed by atoms with Crippen LogP contribution in [0.2, 0.25) is 0 Å². The molecule has 0 radical (unpaired) electrons. The van der Waals surface area contributed by atoms with E-state index in [0.717, 1.165) is 11.3 Å². The molecule has 0 spiro atoms. The molecule has 0 saturated carbocycles. The summed E-state index contributed by atoms with van der Waals surface area (Å²) in [6.07, 6.45) is 0.537. The van der Waals surface area contributed by atoms with Crippen molar-refractivity contribution in [2.24, 2.45) is 0 Å². The van der Waals surface area contributed by atoms with Gasteiger partial charge in [-0.05, 0) is 35.7 Å². The molecule has 1 aromatic carbocycles. The Hall–Kier alpha value is -1.61. The van der Waals surface area contributed by atoms with E-state index in [1.165, 1.54) is 4.88 Å². The lowest BCUT2D eigenvalue weighted by atomic mass is 10.1. The average Bonchev–Trinajstić information content (AvgIpc) is 2.89. The Morgan fingerprint density at radius 1 is 1.24 bits per heavy atom. The number of hydrogen-bond acceptors (Lipinski definition) is 3.